The molecule has 3 rings (SSSR count). The van der Waals surface area contributed by atoms with Gasteiger partial charge in [0.25, 0.3) is 5.69 Å². The zero-order valence-electron chi connectivity index (χ0n) is 19.2. The quantitative estimate of drug-likeness (QED) is 0.365. The molecule has 2 aliphatic rings. The minimum Gasteiger partial charge on any atom is -0.366 e. The van der Waals surface area contributed by atoms with Crippen LogP contribution in [-0.2, 0) is 11.0 Å². The van der Waals surface area contributed by atoms with Crippen molar-refractivity contribution in [3.8, 4) is 0 Å². The second-order valence-electron chi connectivity index (χ2n) is 9.57. The van der Waals surface area contributed by atoms with E-state index in [1.54, 1.807) is 4.90 Å². The lowest BCUT2D eigenvalue weighted by Crippen LogP contribution is -2.42. The molecule has 7 nitrogen and oxygen atoms in total. The lowest BCUT2D eigenvalue weighted by molar-refractivity contribution is -0.384. The van der Waals surface area contributed by atoms with Crippen LogP contribution >= 0.6 is 0 Å². The van der Waals surface area contributed by atoms with Gasteiger partial charge in [-0.1, -0.05) is 13.8 Å². The summed E-state index contributed by atoms with van der Waals surface area (Å²) in [4.78, 5) is 27.3. The van der Waals surface area contributed by atoms with Gasteiger partial charge in [-0.15, -0.1) is 0 Å². The van der Waals surface area contributed by atoms with E-state index in [0.717, 1.165) is 38.2 Å². The Labute approximate surface area is 192 Å². The highest BCUT2D eigenvalue weighted by Gasteiger charge is 2.35. The van der Waals surface area contributed by atoms with Crippen molar-refractivity contribution in [2.75, 3.05) is 44.2 Å². The van der Waals surface area contributed by atoms with Crippen molar-refractivity contribution < 1.29 is 22.9 Å². The molecule has 2 aliphatic heterocycles. The minimum absolute atomic E-state index is 0.0167. The van der Waals surface area contributed by atoms with Gasteiger partial charge in [-0.05, 0) is 56.2 Å². The molecule has 0 radical (unpaired) electrons. The summed E-state index contributed by atoms with van der Waals surface area (Å²) in [5, 5.41) is 14.4. The summed E-state index contributed by atoms with van der Waals surface area (Å²) in [6.45, 7) is 9.10. The summed E-state index contributed by atoms with van der Waals surface area (Å²) in [5.41, 5.74) is -1.44. The summed E-state index contributed by atoms with van der Waals surface area (Å²) < 4.78 is 38.8. The third-order valence-electron chi connectivity index (χ3n) is 6.60. The Bertz CT molecular complexity index is 831. The molecule has 2 saturated heterocycles. The summed E-state index contributed by atoms with van der Waals surface area (Å²) in [6.07, 6.45) is -1.47. The van der Waals surface area contributed by atoms with Crippen molar-refractivity contribution >= 4 is 17.3 Å². The maximum atomic E-state index is 12.9. The van der Waals surface area contributed by atoms with Gasteiger partial charge in [0, 0.05) is 44.7 Å². The minimum atomic E-state index is -4.64. The Morgan fingerprint density at radius 3 is 2.39 bits per heavy atom. The first-order valence-corrected chi connectivity index (χ1v) is 11.6. The fourth-order valence-corrected chi connectivity index (χ4v) is 5.13. The van der Waals surface area contributed by atoms with Gasteiger partial charge in [0.15, 0.2) is 0 Å². The first kappa shape index (κ1) is 25.3. The molecular formula is C23H33F3N4O3. The normalized spacial score (nSPS) is 22.9. The van der Waals surface area contributed by atoms with Crippen LogP contribution in [0, 0.1) is 27.9 Å². The first-order chi connectivity index (χ1) is 15.5. The molecular weight excluding hydrogens is 437 g/mol. The summed E-state index contributed by atoms with van der Waals surface area (Å²) in [7, 11) is 0. The lowest BCUT2D eigenvalue weighted by Gasteiger charge is -2.35. The first-order valence-electron chi connectivity index (χ1n) is 11.6. The van der Waals surface area contributed by atoms with Gasteiger partial charge in [-0.25, -0.2) is 0 Å². The van der Waals surface area contributed by atoms with Crippen LogP contribution in [0.25, 0.3) is 0 Å². The molecule has 1 aromatic rings. The molecule has 0 aromatic heterocycles. The highest BCUT2D eigenvalue weighted by atomic mass is 19.4. The van der Waals surface area contributed by atoms with E-state index in [9.17, 15) is 28.1 Å². The van der Waals surface area contributed by atoms with Crippen molar-refractivity contribution in [1.82, 2.24) is 10.2 Å². The zero-order valence-corrected chi connectivity index (χ0v) is 19.2. The summed E-state index contributed by atoms with van der Waals surface area (Å²) >= 11 is 0. The van der Waals surface area contributed by atoms with Gasteiger partial charge in [-0.2, -0.15) is 13.2 Å². The molecule has 1 amide bonds. The number of nitrogens with one attached hydrogen (secondary N) is 1. The molecule has 0 bridgehead atoms. The summed E-state index contributed by atoms with van der Waals surface area (Å²) in [6, 6.07) is 2.60. The monoisotopic (exact) mass is 470 g/mol. The van der Waals surface area contributed by atoms with E-state index in [2.05, 4.69) is 24.1 Å². The van der Waals surface area contributed by atoms with Crippen molar-refractivity contribution in [1.29, 1.82) is 0 Å². The van der Waals surface area contributed by atoms with E-state index < -0.39 is 22.4 Å². The molecule has 33 heavy (non-hydrogen) atoms. The zero-order chi connectivity index (χ0) is 24.2. The van der Waals surface area contributed by atoms with Crippen molar-refractivity contribution in [2.45, 2.75) is 45.7 Å². The fourth-order valence-electron chi connectivity index (χ4n) is 5.13. The number of hydrogen-bond donors (Lipinski definition) is 1. The Balaban J connectivity index is 1.46. The van der Waals surface area contributed by atoms with Crippen LogP contribution in [-0.4, -0.2) is 55.0 Å². The van der Waals surface area contributed by atoms with Crippen LogP contribution in [0.5, 0.6) is 0 Å². The van der Waals surface area contributed by atoms with Crippen LogP contribution in [0.4, 0.5) is 24.5 Å². The summed E-state index contributed by atoms with van der Waals surface area (Å²) in [5.74, 6) is 1.20. The second kappa shape index (κ2) is 10.7. The predicted octanol–water partition coefficient (Wildman–Crippen LogP) is 4.31. The van der Waals surface area contributed by atoms with Gasteiger partial charge in [0.2, 0.25) is 5.91 Å². The van der Waals surface area contributed by atoms with Crippen LogP contribution in [0.15, 0.2) is 18.2 Å². The third kappa shape index (κ3) is 6.82. The number of hydrogen-bond acceptors (Lipinski definition) is 5. The van der Waals surface area contributed by atoms with Crippen LogP contribution in [0.2, 0.25) is 0 Å². The topological polar surface area (TPSA) is 78.7 Å². The Kier molecular flexibility index (Phi) is 8.20. The second-order valence-corrected chi connectivity index (χ2v) is 9.57. The molecule has 2 fully saturated rings. The Morgan fingerprint density at radius 1 is 1.18 bits per heavy atom. The number of carbonyl (C=O) groups excluding carboxylic acids is 1. The number of anilines is 1. The number of nitro benzene ring substituents is 1. The number of likely N-dealkylation sites (tertiary alicyclic amines) is 1. The molecule has 2 unspecified atom stereocenters. The van der Waals surface area contributed by atoms with E-state index >= 15 is 0 Å². The number of halogens is 3. The maximum Gasteiger partial charge on any atom is 0.416 e. The molecule has 0 saturated carbocycles. The van der Waals surface area contributed by atoms with Gasteiger partial charge < -0.3 is 15.1 Å². The Morgan fingerprint density at radius 2 is 1.82 bits per heavy atom. The number of rotatable bonds is 7. The average Bonchev–Trinajstić information content (AvgIpc) is 2.75. The molecule has 0 aliphatic carbocycles. The highest BCUT2D eigenvalue weighted by molar-refractivity contribution is 5.79. The SMILES string of the molecule is CC1CC(C)CN(CCCNC(=O)C2CCN(c3ccc(C(F)(F)F)cc3[N+](=O)[O-])CC2)C1. The van der Waals surface area contributed by atoms with Crippen LogP contribution in [0.1, 0.15) is 45.1 Å². The largest absolute Gasteiger partial charge is 0.416 e. The molecule has 184 valence electrons. The maximum absolute atomic E-state index is 12.9. The predicted molar refractivity (Wildman–Crippen MR) is 120 cm³/mol. The number of alkyl halides is 3. The molecule has 1 N–H and O–H groups in total. The number of piperidine rings is 2. The van der Waals surface area contributed by atoms with E-state index in [0.29, 0.717) is 50.4 Å². The van der Waals surface area contributed by atoms with Crippen LogP contribution < -0.4 is 10.2 Å². The van der Waals surface area contributed by atoms with Crippen molar-refractivity contribution in [3.63, 3.8) is 0 Å². The third-order valence-corrected chi connectivity index (χ3v) is 6.60. The number of carbonyl (C=O) groups is 1. The lowest BCUT2D eigenvalue weighted by atomic mass is 9.92. The average molecular weight is 471 g/mol. The van der Waals surface area contributed by atoms with E-state index in [-0.39, 0.29) is 17.5 Å². The number of nitro groups is 1. The van der Waals surface area contributed by atoms with E-state index in [1.165, 1.54) is 6.42 Å². The van der Waals surface area contributed by atoms with Gasteiger partial charge >= 0.3 is 6.18 Å². The van der Waals surface area contributed by atoms with Gasteiger partial charge in [-0.3, -0.25) is 14.9 Å². The molecule has 2 atom stereocenters. The van der Waals surface area contributed by atoms with Crippen LogP contribution in [0.3, 0.4) is 0 Å². The standard InChI is InChI=1S/C23H33F3N4O3/c1-16-12-17(2)15-28(14-16)9-3-8-27-22(31)18-6-10-29(11-7-18)20-5-4-19(23(24,25)26)13-21(20)30(32)33/h4-5,13,16-18H,3,6-12,14-15H2,1-2H3,(H,27,31). The molecule has 0 spiro atoms. The van der Waals surface area contributed by atoms with E-state index in [4.69, 9.17) is 0 Å². The molecule has 1 aromatic carbocycles. The number of amides is 1. The Hall–Kier alpha value is -2.36. The van der Waals surface area contributed by atoms with Gasteiger partial charge in [0.1, 0.15) is 5.69 Å². The molecule has 2 heterocycles. The fraction of sp³-hybridized carbons (Fsp3) is 0.696. The van der Waals surface area contributed by atoms with Crippen molar-refractivity contribution in [2.24, 2.45) is 17.8 Å². The van der Waals surface area contributed by atoms with Crippen molar-refractivity contribution in [3.05, 3.63) is 33.9 Å². The smallest absolute Gasteiger partial charge is 0.366 e. The molecule has 10 heteroatoms. The number of benzene rings is 1. The van der Waals surface area contributed by atoms with Gasteiger partial charge in [0.05, 0.1) is 10.5 Å². The highest BCUT2D eigenvalue weighted by Crippen LogP contribution is 2.37. The van der Waals surface area contributed by atoms with E-state index in [1.807, 2.05) is 0 Å². The number of nitrogens with zero attached hydrogens (tertiary/aromatic N) is 3.